The van der Waals surface area contributed by atoms with Gasteiger partial charge in [0.15, 0.2) is 0 Å². The van der Waals surface area contributed by atoms with E-state index in [1.807, 2.05) is 30.3 Å². The Morgan fingerprint density at radius 3 is 2.71 bits per heavy atom. The van der Waals surface area contributed by atoms with Crippen LogP contribution in [0.5, 0.6) is 0 Å². The van der Waals surface area contributed by atoms with Crippen LogP contribution in [0.1, 0.15) is 45.1 Å². The van der Waals surface area contributed by atoms with E-state index in [-0.39, 0.29) is 11.8 Å². The summed E-state index contributed by atoms with van der Waals surface area (Å²) in [6.45, 7) is 4.08. The van der Waals surface area contributed by atoms with Gasteiger partial charge in [-0.25, -0.2) is 0 Å². The van der Waals surface area contributed by atoms with Crippen LogP contribution in [-0.4, -0.2) is 34.8 Å². The van der Waals surface area contributed by atoms with Crippen molar-refractivity contribution in [3.05, 3.63) is 35.9 Å². The van der Waals surface area contributed by atoms with E-state index in [2.05, 4.69) is 11.4 Å². The third kappa shape index (κ3) is 4.58. The maximum absolute atomic E-state index is 12.5. The number of nitriles is 1. The van der Waals surface area contributed by atoms with Crippen molar-refractivity contribution in [3.8, 4) is 6.07 Å². The number of piperidine rings is 1. The van der Waals surface area contributed by atoms with Crippen LogP contribution >= 0.6 is 0 Å². The molecule has 0 saturated carbocycles. The molecule has 1 aliphatic rings. The van der Waals surface area contributed by atoms with Gasteiger partial charge in [0.2, 0.25) is 11.8 Å². The maximum Gasteiger partial charge on any atom is 0.243 e. The summed E-state index contributed by atoms with van der Waals surface area (Å²) in [5.41, 5.74) is 0.188. The van der Waals surface area contributed by atoms with Crippen LogP contribution in [0.3, 0.4) is 0 Å². The van der Waals surface area contributed by atoms with Crippen molar-refractivity contribution in [2.75, 3.05) is 6.54 Å². The van der Waals surface area contributed by atoms with Gasteiger partial charge >= 0.3 is 0 Å². The van der Waals surface area contributed by atoms with Crippen molar-refractivity contribution < 1.29 is 9.59 Å². The molecule has 1 aliphatic heterocycles. The molecule has 5 nitrogen and oxygen atoms in total. The molecule has 1 aromatic carbocycles. The number of carbonyl (C=O) groups is 2. The van der Waals surface area contributed by atoms with Crippen LogP contribution in [0.4, 0.5) is 0 Å². The highest BCUT2D eigenvalue weighted by Crippen LogP contribution is 2.17. The number of hydrogen-bond acceptors (Lipinski definition) is 3. The fraction of sp³-hybridized carbons (Fsp3) is 0.526. The molecular weight excluding hydrogens is 302 g/mol. The zero-order valence-corrected chi connectivity index (χ0v) is 14.4. The monoisotopic (exact) mass is 327 g/mol. The third-order valence-corrected chi connectivity index (χ3v) is 4.61. The molecule has 1 saturated heterocycles. The van der Waals surface area contributed by atoms with E-state index in [1.54, 1.807) is 18.7 Å². The van der Waals surface area contributed by atoms with Gasteiger partial charge in [-0.15, -0.1) is 0 Å². The van der Waals surface area contributed by atoms with Crippen molar-refractivity contribution in [2.24, 2.45) is 0 Å². The number of aryl methyl sites for hydroxylation is 1. The highest BCUT2D eigenvalue weighted by molar-refractivity contribution is 5.88. The molecular formula is C19H25N3O2. The largest absolute Gasteiger partial charge is 0.336 e. The molecule has 5 heteroatoms. The molecule has 0 bridgehead atoms. The quantitative estimate of drug-likeness (QED) is 0.872. The van der Waals surface area contributed by atoms with E-state index < -0.39 is 11.6 Å². The first-order chi connectivity index (χ1) is 11.4. The number of carbonyl (C=O) groups excluding carboxylic acids is 2. The van der Waals surface area contributed by atoms with E-state index in [4.69, 9.17) is 0 Å². The molecule has 2 atom stereocenters. The van der Waals surface area contributed by atoms with E-state index in [1.165, 1.54) is 0 Å². The second-order valence-electron chi connectivity index (χ2n) is 6.64. The predicted octanol–water partition coefficient (Wildman–Crippen LogP) is 2.42. The van der Waals surface area contributed by atoms with E-state index >= 15 is 0 Å². The van der Waals surface area contributed by atoms with Gasteiger partial charge in [-0.3, -0.25) is 9.59 Å². The van der Waals surface area contributed by atoms with Crippen molar-refractivity contribution >= 4 is 11.8 Å². The Hall–Kier alpha value is -2.35. The zero-order chi connectivity index (χ0) is 17.6. The Kier molecular flexibility index (Phi) is 5.97. The van der Waals surface area contributed by atoms with Gasteiger partial charge < -0.3 is 10.2 Å². The summed E-state index contributed by atoms with van der Waals surface area (Å²) >= 11 is 0. The summed E-state index contributed by atoms with van der Waals surface area (Å²) in [5, 5.41) is 12.3. The number of benzene rings is 1. The van der Waals surface area contributed by atoms with Gasteiger partial charge in [-0.2, -0.15) is 5.26 Å². The second-order valence-corrected chi connectivity index (χ2v) is 6.64. The van der Waals surface area contributed by atoms with E-state index in [0.29, 0.717) is 25.8 Å². The zero-order valence-electron chi connectivity index (χ0n) is 14.4. The first-order valence-corrected chi connectivity index (χ1v) is 8.52. The summed E-state index contributed by atoms with van der Waals surface area (Å²) in [6, 6.07) is 11.6. The summed E-state index contributed by atoms with van der Waals surface area (Å²) in [4.78, 5) is 26.1. The predicted molar refractivity (Wildman–Crippen MR) is 91.9 cm³/mol. The van der Waals surface area contributed by atoms with Gasteiger partial charge in [0.05, 0.1) is 6.07 Å². The van der Waals surface area contributed by atoms with Gasteiger partial charge in [0.25, 0.3) is 0 Å². The lowest BCUT2D eigenvalue weighted by atomic mass is 9.94. The third-order valence-electron chi connectivity index (χ3n) is 4.61. The second kappa shape index (κ2) is 7.96. The van der Waals surface area contributed by atoms with Crippen molar-refractivity contribution in [1.29, 1.82) is 5.26 Å². The molecule has 1 N–H and O–H groups in total. The van der Waals surface area contributed by atoms with Gasteiger partial charge in [-0.1, -0.05) is 30.3 Å². The molecule has 1 aromatic rings. The lowest BCUT2D eigenvalue weighted by Gasteiger charge is -2.33. The molecule has 0 radical (unpaired) electrons. The average Bonchev–Trinajstić information content (AvgIpc) is 2.61. The highest BCUT2D eigenvalue weighted by atomic mass is 16.2. The number of nitrogens with zero attached hydrogens (tertiary/aromatic N) is 2. The summed E-state index contributed by atoms with van der Waals surface area (Å²) in [7, 11) is 0. The standard InChI is InChI=1S/C19H25N3O2/c1-15(22-13-7-6-10-17(22)23)18(24)21-19(2,14-20)12-11-16-8-4-3-5-9-16/h3-5,8-9,15H,6-7,10-13H2,1-2H3,(H,21,24). The van der Waals surface area contributed by atoms with Crippen molar-refractivity contribution in [2.45, 2.75) is 57.5 Å². The molecule has 128 valence electrons. The number of amides is 2. The Balaban J connectivity index is 1.96. The fourth-order valence-electron chi connectivity index (χ4n) is 2.94. The number of hydrogen-bond donors (Lipinski definition) is 1. The van der Waals surface area contributed by atoms with Gasteiger partial charge in [-0.05, 0) is 45.1 Å². The fourth-order valence-corrected chi connectivity index (χ4v) is 2.94. The SMILES string of the molecule is CC(C(=O)NC(C)(C#N)CCc1ccccc1)N1CCCCC1=O. The average molecular weight is 327 g/mol. The summed E-state index contributed by atoms with van der Waals surface area (Å²) < 4.78 is 0. The van der Waals surface area contributed by atoms with Crippen LogP contribution in [0.25, 0.3) is 0 Å². The van der Waals surface area contributed by atoms with E-state index in [0.717, 1.165) is 18.4 Å². The lowest BCUT2D eigenvalue weighted by molar-refractivity contribution is -0.142. The Morgan fingerprint density at radius 2 is 2.08 bits per heavy atom. The number of rotatable bonds is 6. The van der Waals surface area contributed by atoms with Crippen molar-refractivity contribution in [1.82, 2.24) is 10.2 Å². The van der Waals surface area contributed by atoms with Crippen LogP contribution < -0.4 is 5.32 Å². The molecule has 24 heavy (non-hydrogen) atoms. The number of nitrogens with one attached hydrogen (secondary N) is 1. The smallest absolute Gasteiger partial charge is 0.243 e. The molecule has 1 heterocycles. The van der Waals surface area contributed by atoms with E-state index in [9.17, 15) is 14.9 Å². The molecule has 2 rings (SSSR count). The van der Waals surface area contributed by atoms with Gasteiger partial charge in [0.1, 0.15) is 11.6 Å². The minimum absolute atomic E-state index is 0.0202. The minimum atomic E-state index is -0.944. The lowest BCUT2D eigenvalue weighted by Crippen LogP contribution is -2.55. The summed E-state index contributed by atoms with van der Waals surface area (Å²) in [6.07, 6.45) is 3.55. The molecule has 0 aromatic heterocycles. The Bertz CT molecular complexity index is 623. The Labute approximate surface area is 143 Å². The molecule has 0 aliphatic carbocycles. The van der Waals surface area contributed by atoms with Crippen LogP contribution in [0.2, 0.25) is 0 Å². The topological polar surface area (TPSA) is 73.2 Å². The first-order valence-electron chi connectivity index (χ1n) is 8.52. The van der Waals surface area contributed by atoms with Crippen LogP contribution in [-0.2, 0) is 16.0 Å². The van der Waals surface area contributed by atoms with Crippen molar-refractivity contribution in [3.63, 3.8) is 0 Å². The first kappa shape index (κ1) is 18.0. The van der Waals surface area contributed by atoms with Gasteiger partial charge in [0, 0.05) is 13.0 Å². The Morgan fingerprint density at radius 1 is 1.38 bits per heavy atom. The minimum Gasteiger partial charge on any atom is -0.336 e. The summed E-state index contributed by atoms with van der Waals surface area (Å²) in [5.74, 6) is -0.241. The highest BCUT2D eigenvalue weighted by Gasteiger charge is 2.32. The molecule has 1 fully saturated rings. The van der Waals surface area contributed by atoms with Crippen LogP contribution in [0, 0.1) is 11.3 Å². The molecule has 2 amide bonds. The molecule has 0 spiro atoms. The normalized spacial score (nSPS) is 18.4. The molecule has 2 unspecified atom stereocenters. The van der Waals surface area contributed by atoms with Crippen LogP contribution in [0.15, 0.2) is 30.3 Å². The number of likely N-dealkylation sites (tertiary alicyclic amines) is 1. The maximum atomic E-state index is 12.5.